The van der Waals surface area contributed by atoms with Crippen LogP contribution in [0, 0.1) is 5.92 Å². The lowest BCUT2D eigenvalue weighted by Gasteiger charge is -2.38. The Bertz CT molecular complexity index is 403. The maximum Gasteiger partial charge on any atom is 0.0443 e. The number of hydrogen-bond donors (Lipinski definition) is 1. The maximum atomic E-state index is 4.02. The molecule has 1 unspecified atom stereocenters. The molecule has 1 aromatic rings. The zero-order valence-corrected chi connectivity index (χ0v) is 14.9. The molecule has 2 aliphatic rings. The second kappa shape index (κ2) is 7.52. The summed E-state index contributed by atoms with van der Waals surface area (Å²) in [7, 11) is 0. The van der Waals surface area contributed by atoms with Crippen molar-refractivity contribution in [3.8, 4) is 0 Å². The van der Waals surface area contributed by atoms with E-state index in [1.165, 1.54) is 64.3 Å². The van der Waals surface area contributed by atoms with E-state index in [1.54, 1.807) is 4.88 Å². The Morgan fingerprint density at radius 2 is 2.00 bits per heavy atom. The number of nitrogens with one attached hydrogen (secondary N) is 1. The van der Waals surface area contributed by atoms with Crippen LogP contribution in [0.3, 0.4) is 0 Å². The number of rotatable bonds is 6. The van der Waals surface area contributed by atoms with E-state index in [-0.39, 0.29) is 0 Å². The number of hydrogen-bond acceptors (Lipinski definition) is 3. The first-order valence-electron chi connectivity index (χ1n) is 8.65. The highest BCUT2D eigenvalue weighted by Crippen LogP contribution is 2.41. The van der Waals surface area contributed by atoms with Crippen LogP contribution in [0.2, 0.25) is 0 Å². The predicted octanol–water partition coefficient (Wildman–Crippen LogP) is 5.63. The summed E-state index contributed by atoms with van der Waals surface area (Å²) in [6.45, 7) is 1.20. The summed E-state index contributed by atoms with van der Waals surface area (Å²) in [4.78, 5) is 1.56. The van der Waals surface area contributed by atoms with Gasteiger partial charge in [0.25, 0.3) is 0 Å². The summed E-state index contributed by atoms with van der Waals surface area (Å²) < 4.78 is 0.506. The molecule has 0 saturated heterocycles. The summed E-state index contributed by atoms with van der Waals surface area (Å²) in [5.41, 5.74) is 0. The van der Waals surface area contributed by atoms with Crippen molar-refractivity contribution in [1.29, 1.82) is 0 Å². The van der Waals surface area contributed by atoms with E-state index in [0.717, 1.165) is 5.92 Å². The molecule has 0 aliphatic heterocycles. The Kier molecular flexibility index (Phi) is 5.69. The van der Waals surface area contributed by atoms with Gasteiger partial charge in [-0.3, -0.25) is 0 Å². The van der Waals surface area contributed by atoms with Gasteiger partial charge in [-0.05, 0) is 49.3 Å². The Hall–Kier alpha value is 0.01000. The van der Waals surface area contributed by atoms with Crippen LogP contribution in [0.25, 0.3) is 0 Å². The lowest BCUT2D eigenvalue weighted by atomic mass is 9.87. The molecule has 0 aromatic carbocycles. The fraction of sp³-hybridized carbons (Fsp3) is 0.778. The summed E-state index contributed by atoms with van der Waals surface area (Å²) >= 11 is 4.06. The van der Waals surface area contributed by atoms with Crippen molar-refractivity contribution in [3.63, 3.8) is 0 Å². The van der Waals surface area contributed by atoms with Crippen LogP contribution in [0.5, 0.6) is 0 Å². The monoisotopic (exact) mass is 323 g/mol. The third-order valence-electron chi connectivity index (χ3n) is 5.56. The minimum atomic E-state index is 0.506. The van der Waals surface area contributed by atoms with Gasteiger partial charge in [-0.15, -0.1) is 11.3 Å². The maximum absolute atomic E-state index is 4.02. The lowest BCUT2D eigenvalue weighted by molar-refractivity contribution is 0.320. The van der Waals surface area contributed by atoms with Gasteiger partial charge in [-0.25, -0.2) is 0 Å². The van der Waals surface area contributed by atoms with Crippen LogP contribution in [-0.2, 0) is 0 Å². The number of thiophene rings is 1. The highest BCUT2D eigenvalue weighted by Gasteiger charge is 2.34. The van der Waals surface area contributed by atoms with Crippen LogP contribution in [0.15, 0.2) is 17.5 Å². The van der Waals surface area contributed by atoms with Gasteiger partial charge in [0.15, 0.2) is 0 Å². The van der Waals surface area contributed by atoms with Gasteiger partial charge in [-0.2, -0.15) is 11.8 Å². The summed E-state index contributed by atoms with van der Waals surface area (Å²) in [5.74, 6) is 0.867. The fourth-order valence-corrected chi connectivity index (χ4v) is 6.02. The van der Waals surface area contributed by atoms with Crippen LogP contribution in [0.1, 0.15) is 68.7 Å². The van der Waals surface area contributed by atoms with E-state index in [2.05, 4.69) is 40.8 Å². The fourth-order valence-electron chi connectivity index (χ4n) is 4.20. The summed E-state index contributed by atoms with van der Waals surface area (Å²) in [6, 6.07) is 5.17. The van der Waals surface area contributed by atoms with Crippen LogP contribution in [-0.4, -0.2) is 17.5 Å². The first-order valence-corrected chi connectivity index (χ1v) is 10.8. The van der Waals surface area contributed by atoms with Gasteiger partial charge >= 0.3 is 0 Å². The molecule has 0 radical (unpaired) electrons. The minimum Gasteiger partial charge on any atom is -0.308 e. The van der Waals surface area contributed by atoms with Crippen LogP contribution >= 0.6 is 23.1 Å². The van der Waals surface area contributed by atoms with Crippen molar-refractivity contribution < 1.29 is 0 Å². The average Bonchev–Trinajstić information content (AvgIpc) is 3.22. The summed E-state index contributed by atoms with van der Waals surface area (Å²) in [6.07, 6.45) is 15.1. The third kappa shape index (κ3) is 3.86. The lowest BCUT2D eigenvalue weighted by Crippen LogP contribution is -2.42. The molecule has 2 saturated carbocycles. The molecule has 0 spiro atoms. The Balaban J connectivity index is 1.66. The second-order valence-corrected chi connectivity index (χ2v) is 9.12. The Morgan fingerprint density at radius 3 is 2.62 bits per heavy atom. The quantitative estimate of drug-likeness (QED) is 0.727. The van der Waals surface area contributed by atoms with Crippen LogP contribution in [0.4, 0.5) is 0 Å². The van der Waals surface area contributed by atoms with Gasteiger partial charge < -0.3 is 5.32 Å². The van der Waals surface area contributed by atoms with Crippen LogP contribution < -0.4 is 5.32 Å². The summed E-state index contributed by atoms with van der Waals surface area (Å²) in [5, 5.41) is 6.26. The van der Waals surface area contributed by atoms with Crippen molar-refractivity contribution in [2.24, 2.45) is 5.92 Å². The normalized spacial score (nSPS) is 24.2. The van der Waals surface area contributed by atoms with Gasteiger partial charge in [0.05, 0.1) is 0 Å². The first kappa shape index (κ1) is 15.9. The van der Waals surface area contributed by atoms with Gasteiger partial charge in [0.1, 0.15) is 0 Å². The molecule has 3 heteroatoms. The van der Waals surface area contributed by atoms with E-state index in [4.69, 9.17) is 0 Å². The van der Waals surface area contributed by atoms with Crippen molar-refractivity contribution in [1.82, 2.24) is 5.32 Å². The smallest absolute Gasteiger partial charge is 0.0443 e. The van der Waals surface area contributed by atoms with Gasteiger partial charge in [0, 0.05) is 22.2 Å². The second-order valence-electron chi connectivity index (χ2n) is 6.87. The van der Waals surface area contributed by atoms with Gasteiger partial charge in [-0.1, -0.05) is 38.2 Å². The average molecular weight is 324 g/mol. The molecule has 1 atom stereocenters. The zero-order valence-electron chi connectivity index (χ0n) is 13.3. The molecule has 1 nitrogen and oxygen atoms in total. The van der Waals surface area contributed by atoms with E-state index >= 15 is 0 Å². The highest BCUT2D eigenvalue weighted by atomic mass is 32.2. The van der Waals surface area contributed by atoms with E-state index in [0.29, 0.717) is 10.8 Å². The predicted molar refractivity (Wildman–Crippen MR) is 96.4 cm³/mol. The van der Waals surface area contributed by atoms with E-state index in [9.17, 15) is 0 Å². The molecule has 2 fully saturated rings. The third-order valence-corrected chi connectivity index (χ3v) is 7.94. The zero-order chi connectivity index (χ0) is 14.5. The molecule has 1 aromatic heterocycles. The topological polar surface area (TPSA) is 12.0 Å². The molecular weight excluding hydrogens is 294 g/mol. The largest absolute Gasteiger partial charge is 0.308 e. The standard InChI is InChI=1S/C18H29NS2/c1-20-18(11-5-2-6-12-18)14-19-17(15-8-3-4-9-15)16-10-7-13-21-16/h7,10,13,15,17,19H,2-6,8-9,11-12,14H2,1H3. The molecule has 1 heterocycles. The van der Waals surface area contributed by atoms with E-state index in [1.807, 2.05) is 11.3 Å². The molecule has 2 aliphatic carbocycles. The SMILES string of the molecule is CSC1(CNC(c2cccs2)C2CCCC2)CCCCC1. The Labute approximate surface area is 138 Å². The number of thioether (sulfide) groups is 1. The molecule has 3 rings (SSSR count). The molecule has 118 valence electrons. The van der Waals surface area contributed by atoms with Gasteiger partial charge in [0.2, 0.25) is 0 Å². The first-order chi connectivity index (χ1) is 10.3. The minimum absolute atomic E-state index is 0.506. The van der Waals surface area contributed by atoms with Crippen molar-refractivity contribution in [2.75, 3.05) is 12.8 Å². The molecule has 1 N–H and O–H groups in total. The van der Waals surface area contributed by atoms with E-state index < -0.39 is 0 Å². The van der Waals surface area contributed by atoms with Crippen molar-refractivity contribution >= 4 is 23.1 Å². The highest BCUT2D eigenvalue weighted by molar-refractivity contribution is 8.00. The van der Waals surface area contributed by atoms with Crippen molar-refractivity contribution in [3.05, 3.63) is 22.4 Å². The molecular formula is C18H29NS2. The molecule has 0 bridgehead atoms. The molecule has 21 heavy (non-hydrogen) atoms. The molecule has 0 amide bonds. The van der Waals surface area contributed by atoms with Crippen molar-refractivity contribution in [2.45, 2.75) is 68.6 Å². The Morgan fingerprint density at radius 1 is 1.24 bits per heavy atom.